The summed E-state index contributed by atoms with van der Waals surface area (Å²) in [6.07, 6.45) is 9.00. The summed E-state index contributed by atoms with van der Waals surface area (Å²) in [4.78, 5) is 0. The van der Waals surface area contributed by atoms with Gasteiger partial charge in [-0.25, -0.2) is 0 Å². The van der Waals surface area contributed by atoms with E-state index >= 15 is 0 Å². The monoisotopic (exact) mass is 168 g/mol. The molecule has 2 rings (SSSR count). The van der Waals surface area contributed by atoms with Gasteiger partial charge in [0.05, 0.1) is 6.10 Å². The Balaban J connectivity index is 2.06. The molecule has 12 heavy (non-hydrogen) atoms. The standard InChI is InChI=1S/C11H20O/c1-11-6-3-2-4-9(11)8-10(12)5-7-11/h9-10,12H,2-8H2,1H3/t9?,10-,11-/m0/s1. The van der Waals surface area contributed by atoms with Crippen LogP contribution in [0.25, 0.3) is 0 Å². The molecule has 1 unspecified atom stereocenters. The Morgan fingerprint density at radius 1 is 1.17 bits per heavy atom. The molecule has 0 radical (unpaired) electrons. The van der Waals surface area contributed by atoms with Gasteiger partial charge in [-0.1, -0.05) is 19.8 Å². The highest BCUT2D eigenvalue weighted by Crippen LogP contribution is 2.49. The predicted molar refractivity (Wildman–Crippen MR) is 49.9 cm³/mol. The van der Waals surface area contributed by atoms with E-state index in [1.54, 1.807) is 0 Å². The minimum atomic E-state index is 0.0150. The molecule has 3 atom stereocenters. The van der Waals surface area contributed by atoms with Gasteiger partial charge in [0.15, 0.2) is 0 Å². The SMILES string of the molecule is C[C@@]12CCCCC1C[C@@H](O)CC2. The summed E-state index contributed by atoms with van der Waals surface area (Å²) >= 11 is 0. The summed E-state index contributed by atoms with van der Waals surface area (Å²) in [5, 5.41) is 9.56. The van der Waals surface area contributed by atoms with E-state index in [1.165, 1.54) is 32.1 Å². The zero-order chi connectivity index (χ0) is 8.60. The third-order valence-corrected chi connectivity index (χ3v) is 4.14. The van der Waals surface area contributed by atoms with Crippen LogP contribution < -0.4 is 0 Å². The number of fused-ring (bicyclic) bond motifs is 1. The van der Waals surface area contributed by atoms with Crippen LogP contribution in [0.4, 0.5) is 0 Å². The average molecular weight is 168 g/mol. The third kappa shape index (κ3) is 1.39. The van der Waals surface area contributed by atoms with Crippen molar-refractivity contribution in [3.8, 4) is 0 Å². The van der Waals surface area contributed by atoms with Crippen molar-refractivity contribution in [2.45, 2.75) is 58.0 Å². The maximum atomic E-state index is 9.56. The van der Waals surface area contributed by atoms with Crippen molar-refractivity contribution in [2.24, 2.45) is 11.3 Å². The third-order valence-electron chi connectivity index (χ3n) is 4.14. The second kappa shape index (κ2) is 3.02. The van der Waals surface area contributed by atoms with Crippen LogP contribution in [0.5, 0.6) is 0 Å². The van der Waals surface area contributed by atoms with E-state index in [-0.39, 0.29) is 6.10 Å². The summed E-state index contributed by atoms with van der Waals surface area (Å²) in [5.41, 5.74) is 0.595. The van der Waals surface area contributed by atoms with E-state index in [0.717, 1.165) is 18.8 Å². The average Bonchev–Trinajstić information content (AvgIpc) is 2.06. The van der Waals surface area contributed by atoms with Crippen molar-refractivity contribution in [3.05, 3.63) is 0 Å². The van der Waals surface area contributed by atoms with Gasteiger partial charge in [0.1, 0.15) is 0 Å². The lowest BCUT2D eigenvalue weighted by atomic mass is 9.60. The molecule has 1 nitrogen and oxygen atoms in total. The maximum absolute atomic E-state index is 9.56. The summed E-state index contributed by atoms with van der Waals surface area (Å²) < 4.78 is 0. The van der Waals surface area contributed by atoms with Crippen molar-refractivity contribution in [3.63, 3.8) is 0 Å². The van der Waals surface area contributed by atoms with Gasteiger partial charge in [-0.05, 0) is 43.4 Å². The van der Waals surface area contributed by atoms with Gasteiger partial charge in [0, 0.05) is 0 Å². The molecular formula is C11H20O. The Labute approximate surface area is 75.2 Å². The summed E-state index contributed by atoms with van der Waals surface area (Å²) in [6, 6.07) is 0. The topological polar surface area (TPSA) is 20.2 Å². The minimum absolute atomic E-state index is 0.0150. The van der Waals surface area contributed by atoms with Gasteiger partial charge in [-0.15, -0.1) is 0 Å². The molecule has 0 aromatic rings. The Hall–Kier alpha value is -0.0400. The van der Waals surface area contributed by atoms with Crippen LogP contribution in [0, 0.1) is 11.3 Å². The van der Waals surface area contributed by atoms with Gasteiger partial charge < -0.3 is 5.11 Å². The van der Waals surface area contributed by atoms with Crippen molar-refractivity contribution in [1.82, 2.24) is 0 Å². The number of aliphatic hydroxyl groups excluding tert-OH is 1. The molecule has 2 aliphatic rings. The largest absolute Gasteiger partial charge is 0.393 e. The molecule has 0 aliphatic heterocycles. The molecule has 0 aromatic heterocycles. The molecule has 0 heterocycles. The highest BCUT2D eigenvalue weighted by atomic mass is 16.3. The molecule has 2 saturated carbocycles. The number of hydrogen-bond acceptors (Lipinski definition) is 1. The fourth-order valence-electron chi connectivity index (χ4n) is 3.15. The molecule has 1 heteroatoms. The molecule has 0 amide bonds. The van der Waals surface area contributed by atoms with Crippen molar-refractivity contribution >= 4 is 0 Å². The maximum Gasteiger partial charge on any atom is 0.0543 e. The van der Waals surface area contributed by atoms with E-state index in [9.17, 15) is 5.11 Å². The van der Waals surface area contributed by atoms with E-state index in [2.05, 4.69) is 6.92 Å². The first kappa shape index (κ1) is 8.55. The highest BCUT2D eigenvalue weighted by Gasteiger charge is 2.40. The molecule has 70 valence electrons. The first-order valence-electron chi connectivity index (χ1n) is 5.39. The number of aliphatic hydroxyl groups is 1. The van der Waals surface area contributed by atoms with Crippen molar-refractivity contribution in [1.29, 1.82) is 0 Å². The minimum Gasteiger partial charge on any atom is -0.393 e. The fraction of sp³-hybridized carbons (Fsp3) is 1.00. The smallest absolute Gasteiger partial charge is 0.0543 e. The van der Waals surface area contributed by atoms with Crippen LogP contribution >= 0.6 is 0 Å². The van der Waals surface area contributed by atoms with Crippen molar-refractivity contribution < 1.29 is 5.11 Å². The highest BCUT2D eigenvalue weighted by molar-refractivity contribution is 4.91. The van der Waals surface area contributed by atoms with Crippen LogP contribution in [0.3, 0.4) is 0 Å². The van der Waals surface area contributed by atoms with Gasteiger partial charge in [0.25, 0.3) is 0 Å². The second-order valence-electron chi connectivity index (χ2n) is 5.02. The fourth-order valence-corrected chi connectivity index (χ4v) is 3.15. The Morgan fingerprint density at radius 3 is 2.83 bits per heavy atom. The molecule has 0 spiro atoms. The number of hydrogen-bond donors (Lipinski definition) is 1. The van der Waals surface area contributed by atoms with Crippen LogP contribution in [-0.2, 0) is 0 Å². The lowest BCUT2D eigenvalue weighted by molar-refractivity contribution is -0.00751. The zero-order valence-corrected chi connectivity index (χ0v) is 8.05. The first-order valence-corrected chi connectivity index (χ1v) is 5.39. The summed E-state index contributed by atoms with van der Waals surface area (Å²) in [6.45, 7) is 2.43. The van der Waals surface area contributed by atoms with E-state index in [0.29, 0.717) is 5.41 Å². The first-order chi connectivity index (χ1) is 5.71. The lowest BCUT2D eigenvalue weighted by Crippen LogP contribution is -2.38. The van der Waals surface area contributed by atoms with Crippen LogP contribution in [0.15, 0.2) is 0 Å². The van der Waals surface area contributed by atoms with Gasteiger partial charge in [-0.3, -0.25) is 0 Å². The van der Waals surface area contributed by atoms with Gasteiger partial charge in [-0.2, -0.15) is 0 Å². The molecule has 2 aliphatic carbocycles. The normalized spacial score (nSPS) is 48.5. The molecular weight excluding hydrogens is 148 g/mol. The molecule has 0 saturated heterocycles. The Bertz CT molecular complexity index is 166. The summed E-state index contributed by atoms with van der Waals surface area (Å²) in [5.74, 6) is 0.829. The van der Waals surface area contributed by atoms with Gasteiger partial charge >= 0.3 is 0 Å². The van der Waals surface area contributed by atoms with Crippen molar-refractivity contribution in [2.75, 3.05) is 0 Å². The van der Waals surface area contributed by atoms with E-state index < -0.39 is 0 Å². The van der Waals surface area contributed by atoms with Crippen LogP contribution in [0.2, 0.25) is 0 Å². The molecule has 2 fully saturated rings. The Morgan fingerprint density at radius 2 is 2.00 bits per heavy atom. The quantitative estimate of drug-likeness (QED) is 0.589. The Kier molecular flexibility index (Phi) is 2.16. The zero-order valence-electron chi connectivity index (χ0n) is 8.05. The van der Waals surface area contributed by atoms with E-state index in [1.807, 2.05) is 0 Å². The number of rotatable bonds is 0. The predicted octanol–water partition coefficient (Wildman–Crippen LogP) is 2.73. The lowest BCUT2D eigenvalue weighted by Gasteiger charge is -2.46. The molecule has 0 bridgehead atoms. The van der Waals surface area contributed by atoms with Crippen LogP contribution in [0.1, 0.15) is 51.9 Å². The second-order valence-corrected chi connectivity index (χ2v) is 5.02. The molecule has 1 N–H and O–H groups in total. The molecule has 0 aromatic carbocycles. The van der Waals surface area contributed by atoms with Crippen LogP contribution in [-0.4, -0.2) is 11.2 Å². The van der Waals surface area contributed by atoms with E-state index in [4.69, 9.17) is 0 Å². The summed E-state index contributed by atoms with van der Waals surface area (Å²) in [7, 11) is 0. The van der Waals surface area contributed by atoms with Gasteiger partial charge in [0.2, 0.25) is 0 Å².